The van der Waals surface area contributed by atoms with Gasteiger partial charge in [0.2, 0.25) is 0 Å². The van der Waals surface area contributed by atoms with E-state index < -0.39 is 0 Å². The lowest BCUT2D eigenvalue weighted by Gasteiger charge is -2.31. The Kier molecular flexibility index (Phi) is 3.98. The summed E-state index contributed by atoms with van der Waals surface area (Å²) in [6, 6.07) is 0. The van der Waals surface area contributed by atoms with Gasteiger partial charge in [-0.15, -0.1) is 12.3 Å². The highest BCUT2D eigenvalue weighted by atomic mass is 16.5. The summed E-state index contributed by atoms with van der Waals surface area (Å²) in [4.78, 5) is 0. The molecule has 0 spiro atoms. The molecule has 1 aliphatic rings. The van der Waals surface area contributed by atoms with Crippen molar-refractivity contribution in [2.75, 3.05) is 13.2 Å². The zero-order valence-electron chi connectivity index (χ0n) is 8.99. The molecule has 0 aliphatic heterocycles. The van der Waals surface area contributed by atoms with Crippen molar-refractivity contribution in [1.82, 2.24) is 0 Å². The van der Waals surface area contributed by atoms with E-state index in [0.29, 0.717) is 18.9 Å². The van der Waals surface area contributed by atoms with E-state index >= 15 is 0 Å². The van der Waals surface area contributed by atoms with Gasteiger partial charge in [-0.25, -0.2) is 0 Å². The predicted molar refractivity (Wildman–Crippen MR) is 59.8 cm³/mol. The van der Waals surface area contributed by atoms with Crippen LogP contribution in [0.2, 0.25) is 0 Å². The summed E-state index contributed by atoms with van der Waals surface area (Å²) >= 11 is 0. The van der Waals surface area contributed by atoms with Crippen LogP contribution in [-0.4, -0.2) is 13.2 Å². The summed E-state index contributed by atoms with van der Waals surface area (Å²) < 4.78 is 5.52. The molecule has 1 nitrogen and oxygen atoms in total. The molecule has 1 rings (SSSR count). The fraction of sp³-hybridized carbons (Fsp3) is 0.538. The average Bonchev–Trinajstić information content (AvgIpc) is 2.14. The van der Waals surface area contributed by atoms with Gasteiger partial charge < -0.3 is 4.74 Å². The molecule has 14 heavy (non-hydrogen) atoms. The Bertz CT molecular complexity index is 265. The summed E-state index contributed by atoms with van der Waals surface area (Å²) in [5.41, 5.74) is 0.199. The average molecular weight is 190 g/mol. The van der Waals surface area contributed by atoms with Gasteiger partial charge in [-0.05, 0) is 5.41 Å². The predicted octanol–water partition coefficient (Wildman–Crippen LogP) is 2.79. The van der Waals surface area contributed by atoms with Crippen LogP contribution in [0.3, 0.4) is 0 Å². The highest BCUT2D eigenvalue weighted by molar-refractivity contribution is 5.17. The Balaban J connectivity index is 2.34. The molecular weight excluding hydrogens is 172 g/mol. The van der Waals surface area contributed by atoms with Crippen molar-refractivity contribution in [3.8, 4) is 12.3 Å². The number of allylic oxidation sites excluding steroid dienone is 3. The summed E-state index contributed by atoms with van der Waals surface area (Å²) in [6.45, 7) is 5.88. The van der Waals surface area contributed by atoms with Crippen molar-refractivity contribution in [3.05, 3.63) is 24.3 Å². The molecular formula is C13H18O. The van der Waals surface area contributed by atoms with Gasteiger partial charge in [0.1, 0.15) is 0 Å². The first-order chi connectivity index (χ1) is 6.67. The molecule has 0 aromatic carbocycles. The Morgan fingerprint density at radius 1 is 1.43 bits per heavy atom. The second-order valence-corrected chi connectivity index (χ2v) is 4.20. The number of ether oxygens (including phenoxy) is 1. The third-order valence-corrected chi connectivity index (χ3v) is 2.62. The highest BCUT2D eigenvalue weighted by Gasteiger charge is 2.26. The molecule has 1 unspecified atom stereocenters. The summed E-state index contributed by atoms with van der Waals surface area (Å²) in [6.07, 6.45) is 14.5. The second kappa shape index (κ2) is 5.02. The van der Waals surface area contributed by atoms with Crippen molar-refractivity contribution in [1.29, 1.82) is 0 Å². The number of rotatable bonds is 4. The maximum Gasteiger partial charge on any atom is 0.0575 e. The number of hydrogen-bond donors (Lipinski definition) is 0. The zero-order valence-corrected chi connectivity index (χ0v) is 8.99. The van der Waals surface area contributed by atoms with E-state index in [1.165, 1.54) is 0 Å². The molecule has 1 heteroatoms. The monoisotopic (exact) mass is 190 g/mol. The van der Waals surface area contributed by atoms with Crippen LogP contribution in [0.25, 0.3) is 0 Å². The standard InChI is InChI=1S/C13H18O/c1-4-5-10-14-11-12-8-6-7-9-13(12,2)3/h1,6-9,12H,5,10-11H2,2-3H3. The van der Waals surface area contributed by atoms with E-state index in [-0.39, 0.29) is 5.41 Å². The fourth-order valence-corrected chi connectivity index (χ4v) is 1.49. The maximum atomic E-state index is 5.52. The normalized spacial score (nSPS) is 23.4. The minimum Gasteiger partial charge on any atom is -0.380 e. The third-order valence-electron chi connectivity index (χ3n) is 2.62. The lowest BCUT2D eigenvalue weighted by Crippen LogP contribution is -2.26. The van der Waals surface area contributed by atoms with Crippen molar-refractivity contribution in [3.63, 3.8) is 0 Å². The van der Waals surface area contributed by atoms with Crippen LogP contribution in [0.4, 0.5) is 0 Å². The molecule has 0 aromatic heterocycles. The summed E-state index contributed by atoms with van der Waals surface area (Å²) in [5, 5.41) is 0. The Morgan fingerprint density at radius 2 is 2.21 bits per heavy atom. The van der Waals surface area contributed by atoms with Crippen LogP contribution >= 0.6 is 0 Å². The van der Waals surface area contributed by atoms with Crippen LogP contribution in [0.1, 0.15) is 20.3 Å². The van der Waals surface area contributed by atoms with Crippen molar-refractivity contribution in [2.24, 2.45) is 11.3 Å². The van der Waals surface area contributed by atoms with Gasteiger partial charge in [-0.2, -0.15) is 0 Å². The van der Waals surface area contributed by atoms with Gasteiger partial charge in [-0.3, -0.25) is 0 Å². The molecule has 1 atom stereocenters. The molecule has 0 bridgehead atoms. The highest BCUT2D eigenvalue weighted by Crippen LogP contribution is 2.32. The second-order valence-electron chi connectivity index (χ2n) is 4.20. The van der Waals surface area contributed by atoms with Gasteiger partial charge in [0, 0.05) is 12.3 Å². The quantitative estimate of drug-likeness (QED) is 0.489. The van der Waals surface area contributed by atoms with Crippen molar-refractivity contribution >= 4 is 0 Å². The van der Waals surface area contributed by atoms with E-state index in [1.807, 2.05) is 0 Å². The molecule has 0 aromatic rings. The Hall–Kier alpha value is -1.00. The molecule has 0 heterocycles. The van der Waals surface area contributed by atoms with Crippen molar-refractivity contribution in [2.45, 2.75) is 20.3 Å². The van der Waals surface area contributed by atoms with Crippen LogP contribution in [-0.2, 0) is 4.74 Å². The van der Waals surface area contributed by atoms with Crippen LogP contribution in [0.5, 0.6) is 0 Å². The molecule has 0 N–H and O–H groups in total. The first-order valence-corrected chi connectivity index (χ1v) is 5.04. The number of terminal acetylenes is 1. The van der Waals surface area contributed by atoms with E-state index in [1.54, 1.807) is 0 Å². The van der Waals surface area contributed by atoms with E-state index in [2.05, 4.69) is 44.1 Å². The molecule has 0 amide bonds. The first kappa shape index (κ1) is 11.1. The van der Waals surface area contributed by atoms with E-state index in [0.717, 1.165) is 6.61 Å². The SMILES string of the molecule is C#CCCOCC1C=CC=CC1(C)C. The number of hydrogen-bond acceptors (Lipinski definition) is 1. The Morgan fingerprint density at radius 3 is 2.86 bits per heavy atom. The van der Waals surface area contributed by atoms with Gasteiger partial charge in [0.05, 0.1) is 13.2 Å². The topological polar surface area (TPSA) is 9.23 Å². The van der Waals surface area contributed by atoms with Crippen LogP contribution in [0, 0.1) is 23.7 Å². The fourth-order valence-electron chi connectivity index (χ4n) is 1.49. The zero-order chi connectivity index (χ0) is 10.4. The molecule has 76 valence electrons. The Labute approximate surface area is 86.8 Å². The molecule has 0 fully saturated rings. The minimum atomic E-state index is 0.199. The molecule has 0 saturated heterocycles. The summed E-state index contributed by atoms with van der Waals surface area (Å²) in [5.74, 6) is 3.03. The van der Waals surface area contributed by atoms with Gasteiger partial charge >= 0.3 is 0 Å². The van der Waals surface area contributed by atoms with Gasteiger partial charge in [0.15, 0.2) is 0 Å². The summed E-state index contributed by atoms with van der Waals surface area (Å²) in [7, 11) is 0. The lowest BCUT2D eigenvalue weighted by molar-refractivity contribution is 0.0876. The van der Waals surface area contributed by atoms with Crippen LogP contribution < -0.4 is 0 Å². The van der Waals surface area contributed by atoms with Gasteiger partial charge in [-0.1, -0.05) is 38.2 Å². The smallest absolute Gasteiger partial charge is 0.0575 e. The van der Waals surface area contributed by atoms with E-state index in [9.17, 15) is 0 Å². The third kappa shape index (κ3) is 3.05. The maximum absolute atomic E-state index is 5.52. The first-order valence-electron chi connectivity index (χ1n) is 5.04. The largest absolute Gasteiger partial charge is 0.380 e. The molecule has 1 aliphatic carbocycles. The molecule has 0 radical (unpaired) electrons. The minimum absolute atomic E-state index is 0.199. The van der Waals surface area contributed by atoms with Crippen LogP contribution in [0.15, 0.2) is 24.3 Å². The van der Waals surface area contributed by atoms with Crippen molar-refractivity contribution < 1.29 is 4.74 Å². The van der Waals surface area contributed by atoms with Gasteiger partial charge in [0.25, 0.3) is 0 Å². The van der Waals surface area contributed by atoms with E-state index in [4.69, 9.17) is 11.2 Å². The molecule has 0 saturated carbocycles. The lowest BCUT2D eigenvalue weighted by atomic mass is 9.76.